The zero-order valence-corrected chi connectivity index (χ0v) is 18.9. The molecule has 34 heavy (non-hydrogen) atoms. The van der Waals surface area contributed by atoms with E-state index in [9.17, 15) is 4.79 Å². The molecule has 0 radical (unpaired) electrons. The molecule has 0 aliphatic carbocycles. The Labute approximate surface area is 194 Å². The van der Waals surface area contributed by atoms with Gasteiger partial charge in [0.15, 0.2) is 5.82 Å². The third kappa shape index (κ3) is 3.56. The summed E-state index contributed by atoms with van der Waals surface area (Å²) in [5.41, 5.74) is 8.48. The molecule has 3 N–H and O–H groups in total. The molecule has 11 nitrogen and oxygen atoms in total. The highest BCUT2D eigenvalue weighted by atomic mass is 16.4. The van der Waals surface area contributed by atoms with Crippen molar-refractivity contribution in [3.63, 3.8) is 0 Å². The fourth-order valence-corrected chi connectivity index (χ4v) is 3.92. The van der Waals surface area contributed by atoms with Gasteiger partial charge in [-0.15, -0.1) is 10.2 Å². The molecule has 0 spiro atoms. The third-order valence-electron chi connectivity index (χ3n) is 5.58. The van der Waals surface area contributed by atoms with Crippen molar-refractivity contribution in [1.82, 2.24) is 34.3 Å². The first-order valence-corrected chi connectivity index (χ1v) is 10.8. The number of hydrogen-bond donors (Lipinski definition) is 2. The van der Waals surface area contributed by atoms with Crippen LogP contribution in [0.2, 0.25) is 0 Å². The Morgan fingerprint density at radius 1 is 1.12 bits per heavy atom. The van der Waals surface area contributed by atoms with E-state index in [2.05, 4.69) is 25.5 Å². The van der Waals surface area contributed by atoms with Crippen LogP contribution < -0.4 is 16.6 Å². The van der Waals surface area contributed by atoms with Crippen LogP contribution >= 0.6 is 0 Å². The van der Waals surface area contributed by atoms with E-state index in [1.54, 1.807) is 22.2 Å². The molecule has 5 aromatic rings. The minimum atomic E-state index is -0.405. The number of nitrogens with zero attached hydrogens (tertiary/aromatic N) is 7. The van der Waals surface area contributed by atoms with Crippen molar-refractivity contribution in [2.75, 3.05) is 11.1 Å². The lowest BCUT2D eigenvalue weighted by atomic mass is 10.1. The number of nitrogens with one attached hydrogen (secondary N) is 1. The van der Waals surface area contributed by atoms with E-state index in [-0.39, 0.29) is 17.3 Å². The van der Waals surface area contributed by atoms with Gasteiger partial charge in [-0.05, 0) is 37.1 Å². The molecule has 4 heterocycles. The second-order valence-corrected chi connectivity index (χ2v) is 7.84. The van der Waals surface area contributed by atoms with E-state index in [1.807, 2.05) is 50.2 Å². The molecule has 0 bridgehead atoms. The van der Waals surface area contributed by atoms with Gasteiger partial charge in [0.05, 0.1) is 11.7 Å². The summed E-state index contributed by atoms with van der Waals surface area (Å²) in [6.07, 6.45) is 3.73. The number of anilines is 2. The normalized spacial score (nSPS) is 12.2. The summed E-state index contributed by atoms with van der Waals surface area (Å²) in [6.45, 7) is 5.58. The highest BCUT2D eigenvalue weighted by Crippen LogP contribution is 2.32. The lowest BCUT2D eigenvalue weighted by Crippen LogP contribution is -2.30. The highest BCUT2D eigenvalue weighted by molar-refractivity contribution is 5.78. The topological polar surface area (TPSA) is 142 Å². The summed E-state index contributed by atoms with van der Waals surface area (Å²) in [5, 5.41) is 16.2. The molecule has 0 aliphatic rings. The summed E-state index contributed by atoms with van der Waals surface area (Å²) >= 11 is 0. The number of aromatic nitrogens is 7. The molecule has 0 amide bonds. The van der Waals surface area contributed by atoms with Crippen LogP contribution in [-0.2, 0) is 0 Å². The van der Waals surface area contributed by atoms with Gasteiger partial charge in [0.25, 0.3) is 11.4 Å². The van der Waals surface area contributed by atoms with Gasteiger partial charge in [-0.3, -0.25) is 9.36 Å². The number of fused-ring (bicyclic) bond motifs is 1. The predicted molar refractivity (Wildman–Crippen MR) is 127 cm³/mol. The molecule has 0 unspecified atom stereocenters. The molecule has 1 aromatic carbocycles. The van der Waals surface area contributed by atoms with Crippen molar-refractivity contribution in [3.05, 3.63) is 76.6 Å². The van der Waals surface area contributed by atoms with E-state index < -0.39 is 6.04 Å². The molecule has 0 saturated heterocycles. The number of nitrogens with two attached hydrogens (primary N) is 1. The standard InChI is InChI=1S/C23H23N9O2/c1-4-16(27-20-17(19(24)25-12-26-20)22-29-28-14(3)34-22)21-30-31-11-10-13(2)18(31)23(33)32(21)15-8-6-5-7-9-15/h5-12,16H,4H2,1-3H3,(H3,24,25,26,27)/t16-/m0/s1. The highest BCUT2D eigenvalue weighted by Gasteiger charge is 2.25. The van der Waals surface area contributed by atoms with Crippen LogP contribution in [0.4, 0.5) is 11.6 Å². The van der Waals surface area contributed by atoms with Crippen LogP contribution in [0, 0.1) is 13.8 Å². The van der Waals surface area contributed by atoms with Crippen LogP contribution in [0.3, 0.4) is 0 Å². The number of nitrogen functional groups attached to an aromatic ring is 1. The molecule has 1 atom stereocenters. The molecular formula is C23H23N9O2. The fourth-order valence-electron chi connectivity index (χ4n) is 3.92. The van der Waals surface area contributed by atoms with Crippen LogP contribution in [0.1, 0.15) is 36.7 Å². The van der Waals surface area contributed by atoms with Gasteiger partial charge < -0.3 is 15.5 Å². The first-order valence-electron chi connectivity index (χ1n) is 10.8. The van der Waals surface area contributed by atoms with Gasteiger partial charge >= 0.3 is 0 Å². The molecule has 0 saturated carbocycles. The van der Waals surface area contributed by atoms with Gasteiger partial charge in [-0.25, -0.2) is 14.5 Å². The Bertz CT molecular complexity index is 1540. The Morgan fingerprint density at radius 3 is 2.62 bits per heavy atom. The lowest BCUT2D eigenvalue weighted by molar-refractivity contribution is 0.532. The first kappa shape index (κ1) is 21.3. The lowest BCUT2D eigenvalue weighted by Gasteiger charge is -2.22. The van der Waals surface area contributed by atoms with Crippen molar-refractivity contribution < 1.29 is 4.42 Å². The second-order valence-electron chi connectivity index (χ2n) is 7.84. The maximum absolute atomic E-state index is 13.6. The van der Waals surface area contributed by atoms with E-state index >= 15 is 0 Å². The number of benzene rings is 1. The second kappa shape index (κ2) is 8.43. The van der Waals surface area contributed by atoms with Crippen molar-refractivity contribution in [2.45, 2.75) is 33.2 Å². The van der Waals surface area contributed by atoms with Crippen LogP contribution in [-0.4, -0.2) is 34.3 Å². The van der Waals surface area contributed by atoms with Crippen molar-refractivity contribution >= 4 is 17.2 Å². The number of hydrogen-bond acceptors (Lipinski definition) is 9. The summed E-state index contributed by atoms with van der Waals surface area (Å²) in [6, 6.07) is 10.9. The van der Waals surface area contributed by atoms with Crippen molar-refractivity contribution in [1.29, 1.82) is 0 Å². The van der Waals surface area contributed by atoms with Gasteiger partial charge in [0.1, 0.15) is 29.0 Å². The SMILES string of the molecule is CC[C@H](Nc1ncnc(N)c1-c1nnc(C)o1)c1nn2ccc(C)c2c(=O)n1-c1ccccc1. The average molecular weight is 457 g/mol. The van der Waals surface area contributed by atoms with E-state index in [0.717, 1.165) is 5.56 Å². The number of para-hydroxylation sites is 1. The van der Waals surface area contributed by atoms with Gasteiger partial charge in [0.2, 0.25) is 5.89 Å². The third-order valence-corrected chi connectivity index (χ3v) is 5.58. The largest absolute Gasteiger partial charge is 0.421 e. The van der Waals surface area contributed by atoms with Gasteiger partial charge in [0, 0.05) is 13.1 Å². The first-order chi connectivity index (χ1) is 16.5. The van der Waals surface area contributed by atoms with E-state index in [4.69, 9.17) is 15.2 Å². The quantitative estimate of drug-likeness (QED) is 0.393. The molecule has 172 valence electrons. The Morgan fingerprint density at radius 2 is 1.91 bits per heavy atom. The van der Waals surface area contributed by atoms with E-state index in [1.165, 1.54) is 6.33 Å². The maximum atomic E-state index is 13.6. The smallest absolute Gasteiger partial charge is 0.282 e. The Kier molecular flexibility index (Phi) is 5.28. The maximum Gasteiger partial charge on any atom is 0.282 e. The summed E-state index contributed by atoms with van der Waals surface area (Å²) in [4.78, 5) is 22.1. The van der Waals surface area contributed by atoms with Crippen LogP contribution in [0.25, 0.3) is 22.7 Å². The molecule has 0 aliphatic heterocycles. The zero-order chi connectivity index (χ0) is 23.8. The summed E-state index contributed by atoms with van der Waals surface area (Å²) in [7, 11) is 0. The van der Waals surface area contributed by atoms with Crippen LogP contribution in [0.5, 0.6) is 0 Å². The average Bonchev–Trinajstić information content (AvgIpc) is 3.43. The molecule has 5 rings (SSSR count). The predicted octanol–water partition coefficient (Wildman–Crippen LogP) is 3.09. The zero-order valence-electron chi connectivity index (χ0n) is 18.9. The number of aryl methyl sites for hydroxylation is 2. The van der Waals surface area contributed by atoms with Crippen molar-refractivity contribution in [3.8, 4) is 17.1 Å². The van der Waals surface area contributed by atoms with E-state index in [0.29, 0.717) is 40.7 Å². The Hall–Kier alpha value is -4.54. The minimum absolute atomic E-state index is 0.158. The monoisotopic (exact) mass is 457 g/mol. The molecule has 0 fully saturated rings. The molecular weight excluding hydrogens is 434 g/mol. The molecule has 11 heteroatoms. The summed E-state index contributed by atoms with van der Waals surface area (Å²) < 4.78 is 8.84. The summed E-state index contributed by atoms with van der Waals surface area (Å²) in [5.74, 6) is 1.72. The number of rotatable bonds is 6. The van der Waals surface area contributed by atoms with Gasteiger partial charge in [-0.2, -0.15) is 5.10 Å². The van der Waals surface area contributed by atoms with Crippen molar-refractivity contribution in [2.24, 2.45) is 0 Å². The Balaban J connectivity index is 1.69. The minimum Gasteiger partial charge on any atom is -0.421 e. The molecule has 4 aromatic heterocycles. The van der Waals surface area contributed by atoms with Gasteiger partial charge in [-0.1, -0.05) is 25.1 Å². The fraction of sp³-hybridized carbons (Fsp3) is 0.217. The van der Waals surface area contributed by atoms with Crippen LogP contribution in [0.15, 0.2) is 58.1 Å².